The van der Waals surface area contributed by atoms with Gasteiger partial charge in [-0.15, -0.1) is 0 Å². The number of aliphatic hydroxyl groups excluding tert-OH is 2. The van der Waals surface area contributed by atoms with Crippen LogP contribution in [0.2, 0.25) is 0 Å². The summed E-state index contributed by atoms with van der Waals surface area (Å²) in [7, 11) is 0. The molecule has 0 aromatic rings. The highest BCUT2D eigenvalue weighted by Gasteiger charge is 2.20. The van der Waals surface area contributed by atoms with Gasteiger partial charge >= 0.3 is 5.97 Å². The van der Waals surface area contributed by atoms with Crippen LogP contribution in [0.4, 0.5) is 0 Å². The molecule has 0 heterocycles. The lowest BCUT2D eigenvalue weighted by atomic mass is 10.1. The van der Waals surface area contributed by atoms with Gasteiger partial charge in [0.25, 0.3) is 0 Å². The van der Waals surface area contributed by atoms with Crippen molar-refractivity contribution in [3.8, 4) is 0 Å². The highest BCUT2D eigenvalue weighted by atomic mass is 16.4. The van der Waals surface area contributed by atoms with Crippen molar-refractivity contribution in [2.75, 3.05) is 6.61 Å². The van der Waals surface area contributed by atoms with Crippen molar-refractivity contribution in [2.24, 2.45) is 5.73 Å². The van der Waals surface area contributed by atoms with Crippen LogP contribution in [0.25, 0.3) is 0 Å². The normalized spacial score (nSPS) is 15.9. The lowest BCUT2D eigenvalue weighted by molar-refractivity contribution is -0.141. The Kier molecular flexibility index (Phi) is 4.76. The van der Waals surface area contributed by atoms with Gasteiger partial charge in [0.2, 0.25) is 0 Å². The molecule has 11 heavy (non-hydrogen) atoms. The third-order valence-corrected chi connectivity index (χ3v) is 1.36. The highest BCUT2D eigenvalue weighted by Crippen LogP contribution is 1.99. The Balaban J connectivity index is 3.63. The molecule has 5 heteroatoms. The summed E-state index contributed by atoms with van der Waals surface area (Å²) >= 11 is 0. The maximum atomic E-state index is 10.2. The molecule has 0 aliphatic rings. The third-order valence-electron chi connectivity index (χ3n) is 1.36. The summed E-state index contributed by atoms with van der Waals surface area (Å²) in [4.78, 5) is 10.2. The number of carboxylic acids is 1. The van der Waals surface area contributed by atoms with Gasteiger partial charge in [-0.3, -0.25) is 4.79 Å². The molecule has 0 aromatic heterocycles. The van der Waals surface area contributed by atoms with Gasteiger partial charge in [-0.05, 0) is 12.8 Å². The van der Waals surface area contributed by atoms with E-state index in [2.05, 4.69) is 0 Å². The van der Waals surface area contributed by atoms with Crippen molar-refractivity contribution in [3.63, 3.8) is 0 Å². The van der Waals surface area contributed by atoms with E-state index >= 15 is 0 Å². The van der Waals surface area contributed by atoms with Gasteiger partial charge in [-0.1, -0.05) is 0 Å². The van der Waals surface area contributed by atoms with Crippen molar-refractivity contribution in [1.82, 2.24) is 0 Å². The monoisotopic (exact) mass is 163 g/mol. The minimum Gasteiger partial charge on any atom is -0.480 e. The summed E-state index contributed by atoms with van der Waals surface area (Å²) in [6, 6.07) is -1.25. The average molecular weight is 163 g/mol. The molecule has 5 N–H and O–H groups in total. The number of carbonyl (C=O) groups is 1. The quantitative estimate of drug-likeness (QED) is 0.396. The first-order valence-electron chi connectivity index (χ1n) is 3.37. The van der Waals surface area contributed by atoms with Crippen LogP contribution in [-0.2, 0) is 4.79 Å². The number of hydrogen-bond donors (Lipinski definition) is 4. The van der Waals surface area contributed by atoms with Gasteiger partial charge in [0.1, 0.15) is 6.04 Å². The van der Waals surface area contributed by atoms with E-state index in [9.17, 15) is 4.79 Å². The molecular formula is C6H13NO4. The minimum absolute atomic E-state index is 0.0661. The predicted octanol–water partition coefficient (Wildman–Crippen LogP) is -1.47. The van der Waals surface area contributed by atoms with Crippen molar-refractivity contribution in [1.29, 1.82) is 0 Å². The van der Waals surface area contributed by atoms with Crippen molar-refractivity contribution < 1.29 is 20.1 Å². The van der Waals surface area contributed by atoms with E-state index in [4.69, 9.17) is 21.1 Å². The molecule has 66 valence electrons. The van der Waals surface area contributed by atoms with Crippen LogP contribution in [0.3, 0.4) is 0 Å². The zero-order valence-electron chi connectivity index (χ0n) is 6.10. The highest BCUT2D eigenvalue weighted by molar-refractivity contribution is 5.73. The van der Waals surface area contributed by atoms with Crippen LogP contribution in [-0.4, -0.2) is 40.0 Å². The summed E-state index contributed by atoms with van der Waals surface area (Å²) in [6.07, 6.45) is -0.494. The SMILES string of the molecule is NC(C(=O)O)C(O)CCCO. The van der Waals surface area contributed by atoms with E-state index in [0.717, 1.165) is 0 Å². The minimum atomic E-state index is -1.25. The molecule has 0 saturated heterocycles. The third kappa shape index (κ3) is 3.92. The lowest BCUT2D eigenvalue weighted by Crippen LogP contribution is -2.41. The molecule has 0 fully saturated rings. The Hall–Kier alpha value is -0.650. The molecule has 0 aliphatic heterocycles. The van der Waals surface area contributed by atoms with Gasteiger partial charge in [-0.2, -0.15) is 0 Å². The van der Waals surface area contributed by atoms with Gasteiger partial charge in [0.15, 0.2) is 0 Å². The van der Waals surface area contributed by atoms with Gasteiger partial charge in [0.05, 0.1) is 6.10 Å². The Morgan fingerprint density at radius 2 is 2.09 bits per heavy atom. The molecule has 0 amide bonds. The second-order valence-corrected chi connectivity index (χ2v) is 2.30. The Morgan fingerprint density at radius 1 is 1.55 bits per heavy atom. The number of aliphatic carboxylic acids is 1. The molecule has 2 atom stereocenters. The van der Waals surface area contributed by atoms with Crippen molar-refractivity contribution >= 4 is 5.97 Å². The Bertz CT molecular complexity index is 128. The van der Waals surface area contributed by atoms with E-state index in [1.807, 2.05) is 0 Å². The maximum absolute atomic E-state index is 10.2. The molecule has 0 saturated carbocycles. The fraction of sp³-hybridized carbons (Fsp3) is 0.833. The molecule has 0 aromatic carbocycles. The van der Waals surface area contributed by atoms with Crippen LogP contribution >= 0.6 is 0 Å². The summed E-state index contributed by atoms with van der Waals surface area (Å²) in [5.74, 6) is -1.23. The van der Waals surface area contributed by atoms with Crippen LogP contribution in [0.15, 0.2) is 0 Å². The molecule has 0 spiro atoms. The fourth-order valence-electron chi connectivity index (χ4n) is 0.645. The molecule has 0 bridgehead atoms. The molecule has 2 unspecified atom stereocenters. The van der Waals surface area contributed by atoms with Crippen molar-refractivity contribution in [2.45, 2.75) is 25.0 Å². The second kappa shape index (κ2) is 5.06. The van der Waals surface area contributed by atoms with E-state index in [1.165, 1.54) is 0 Å². The van der Waals surface area contributed by atoms with E-state index in [-0.39, 0.29) is 13.0 Å². The number of aliphatic hydroxyl groups is 2. The Labute approximate surface area is 64.4 Å². The van der Waals surface area contributed by atoms with E-state index in [0.29, 0.717) is 6.42 Å². The fourth-order valence-corrected chi connectivity index (χ4v) is 0.645. The first kappa shape index (κ1) is 10.3. The number of rotatable bonds is 5. The first-order chi connectivity index (χ1) is 5.09. The summed E-state index contributed by atoms with van der Waals surface area (Å²) in [5, 5.41) is 25.6. The maximum Gasteiger partial charge on any atom is 0.323 e. The lowest BCUT2D eigenvalue weighted by Gasteiger charge is -2.13. The van der Waals surface area contributed by atoms with Gasteiger partial charge in [-0.25, -0.2) is 0 Å². The molecule has 0 aliphatic carbocycles. The summed E-state index contributed by atoms with van der Waals surface area (Å²) in [6.45, 7) is -0.0661. The smallest absolute Gasteiger partial charge is 0.323 e. The first-order valence-corrected chi connectivity index (χ1v) is 3.37. The zero-order chi connectivity index (χ0) is 8.85. The van der Waals surface area contributed by atoms with Gasteiger partial charge in [0, 0.05) is 6.61 Å². The molecular weight excluding hydrogens is 150 g/mol. The largest absolute Gasteiger partial charge is 0.480 e. The molecule has 0 radical (unpaired) electrons. The topological polar surface area (TPSA) is 104 Å². The number of carboxylic acid groups (broad SMARTS) is 1. The number of hydrogen-bond acceptors (Lipinski definition) is 4. The molecule has 5 nitrogen and oxygen atoms in total. The standard InChI is InChI=1S/C6H13NO4/c7-5(6(10)11)4(9)2-1-3-8/h4-5,8-9H,1-3,7H2,(H,10,11). The van der Waals surface area contributed by atoms with E-state index in [1.54, 1.807) is 0 Å². The molecule has 0 rings (SSSR count). The number of nitrogens with two attached hydrogens (primary N) is 1. The summed E-state index contributed by atoms with van der Waals surface area (Å²) in [5.41, 5.74) is 5.07. The van der Waals surface area contributed by atoms with Crippen LogP contribution in [0.1, 0.15) is 12.8 Å². The second-order valence-electron chi connectivity index (χ2n) is 2.30. The van der Waals surface area contributed by atoms with Crippen LogP contribution in [0, 0.1) is 0 Å². The van der Waals surface area contributed by atoms with E-state index < -0.39 is 18.1 Å². The van der Waals surface area contributed by atoms with Crippen LogP contribution < -0.4 is 5.73 Å². The zero-order valence-corrected chi connectivity index (χ0v) is 6.10. The van der Waals surface area contributed by atoms with Crippen LogP contribution in [0.5, 0.6) is 0 Å². The van der Waals surface area contributed by atoms with Crippen molar-refractivity contribution in [3.05, 3.63) is 0 Å². The Morgan fingerprint density at radius 3 is 2.45 bits per heavy atom. The van der Waals surface area contributed by atoms with Gasteiger partial charge < -0.3 is 21.1 Å². The average Bonchev–Trinajstić information content (AvgIpc) is 1.98. The predicted molar refractivity (Wildman–Crippen MR) is 37.9 cm³/mol. The summed E-state index contributed by atoms with van der Waals surface area (Å²) < 4.78 is 0.